The molecule has 3 nitrogen and oxygen atoms in total. The maximum atomic E-state index is 5.84. The van der Waals surface area contributed by atoms with E-state index in [1.165, 1.54) is 58.3 Å². The summed E-state index contributed by atoms with van der Waals surface area (Å²) in [4.78, 5) is 2.63. The molecule has 0 aromatic rings. The van der Waals surface area contributed by atoms with Gasteiger partial charge in [-0.05, 0) is 57.7 Å². The molecule has 0 aromatic carbocycles. The van der Waals surface area contributed by atoms with E-state index in [4.69, 9.17) is 4.74 Å². The Hall–Kier alpha value is -0.120. The van der Waals surface area contributed by atoms with Crippen LogP contribution in [0, 0.1) is 5.92 Å². The number of piperidine rings is 1. The molecule has 0 bridgehead atoms. The summed E-state index contributed by atoms with van der Waals surface area (Å²) in [7, 11) is 0. The van der Waals surface area contributed by atoms with Gasteiger partial charge in [-0.1, -0.05) is 6.92 Å². The Morgan fingerprint density at radius 2 is 2.18 bits per heavy atom. The fourth-order valence-corrected chi connectivity index (χ4v) is 3.07. The van der Waals surface area contributed by atoms with E-state index in [1.807, 2.05) is 0 Å². The molecule has 2 aliphatic heterocycles. The Bertz CT molecular complexity index is 204. The molecule has 0 aromatic heterocycles. The molecule has 1 N–H and O–H groups in total. The monoisotopic (exact) mass is 240 g/mol. The van der Waals surface area contributed by atoms with Crippen molar-refractivity contribution in [3.63, 3.8) is 0 Å². The van der Waals surface area contributed by atoms with E-state index in [9.17, 15) is 0 Å². The van der Waals surface area contributed by atoms with Crippen LogP contribution in [0.2, 0.25) is 0 Å². The van der Waals surface area contributed by atoms with Gasteiger partial charge in [-0.25, -0.2) is 0 Å². The molecule has 2 unspecified atom stereocenters. The Morgan fingerprint density at radius 1 is 1.24 bits per heavy atom. The summed E-state index contributed by atoms with van der Waals surface area (Å²) in [5, 5.41) is 3.48. The van der Waals surface area contributed by atoms with Crippen molar-refractivity contribution in [1.29, 1.82) is 0 Å². The van der Waals surface area contributed by atoms with Gasteiger partial charge in [-0.3, -0.25) is 0 Å². The van der Waals surface area contributed by atoms with Gasteiger partial charge in [0.1, 0.15) is 0 Å². The predicted octanol–water partition coefficient (Wildman–Crippen LogP) is 1.88. The van der Waals surface area contributed by atoms with Gasteiger partial charge in [0, 0.05) is 19.7 Å². The number of nitrogens with zero attached hydrogens (tertiary/aromatic N) is 1. The molecule has 0 saturated carbocycles. The van der Waals surface area contributed by atoms with Crippen molar-refractivity contribution in [2.75, 3.05) is 39.3 Å². The van der Waals surface area contributed by atoms with Crippen molar-refractivity contribution in [2.45, 2.75) is 45.1 Å². The third kappa shape index (κ3) is 4.57. The topological polar surface area (TPSA) is 24.5 Å². The molecule has 2 rings (SSSR count). The molecule has 17 heavy (non-hydrogen) atoms. The van der Waals surface area contributed by atoms with Crippen molar-refractivity contribution in [2.24, 2.45) is 5.92 Å². The Kier molecular flexibility index (Phi) is 5.75. The molecule has 0 amide bonds. The first kappa shape index (κ1) is 13.3. The lowest BCUT2D eigenvalue weighted by Gasteiger charge is -2.36. The third-order valence-corrected chi connectivity index (χ3v) is 4.02. The normalized spacial score (nSPS) is 31.6. The second kappa shape index (κ2) is 7.34. The average Bonchev–Trinajstić information content (AvgIpc) is 2.38. The predicted molar refractivity (Wildman–Crippen MR) is 71.3 cm³/mol. The second-order valence-corrected chi connectivity index (χ2v) is 5.56. The highest BCUT2D eigenvalue weighted by atomic mass is 16.5. The maximum absolute atomic E-state index is 5.84. The lowest BCUT2D eigenvalue weighted by atomic mass is 9.97. The number of nitrogens with one attached hydrogen (secondary N) is 1. The zero-order valence-electron chi connectivity index (χ0n) is 11.3. The highest BCUT2D eigenvalue weighted by Crippen LogP contribution is 2.19. The molecule has 2 atom stereocenters. The molecule has 0 aliphatic carbocycles. The number of hydrogen-bond donors (Lipinski definition) is 1. The lowest BCUT2D eigenvalue weighted by Crippen LogP contribution is -2.44. The molecule has 0 spiro atoms. The average molecular weight is 240 g/mol. The van der Waals surface area contributed by atoms with Gasteiger partial charge in [0.2, 0.25) is 0 Å². The van der Waals surface area contributed by atoms with E-state index < -0.39 is 0 Å². The SMILES string of the molecule is CCNCC1CCCN(CC2CCCCO2)C1. The third-order valence-electron chi connectivity index (χ3n) is 4.02. The quantitative estimate of drug-likeness (QED) is 0.794. The minimum atomic E-state index is 0.515. The van der Waals surface area contributed by atoms with Crippen molar-refractivity contribution >= 4 is 0 Å². The van der Waals surface area contributed by atoms with Crippen LogP contribution >= 0.6 is 0 Å². The molecule has 3 heteroatoms. The van der Waals surface area contributed by atoms with Crippen molar-refractivity contribution in [1.82, 2.24) is 10.2 Å². The number of rotatable bonds is 5. The van der Waals surface area contributed by atoms with E-state index in [2.05, 4.69) is 17.1 Å². The van der Waals surface area contributed by atoms with Crippen LogP contribution in [0.25, 0.3) is 0 Å². The van der Waals surface area contributed by atoms with Crippen LogP contribution < -0.4 is 5.32 Å². The maximum Gasteiger partial charge on any atom is 0.0702 e. The fourth-order valence-electron chi connectivity index (χ4n) is 3.07. The van der Waals surface area contributed by atoms with Gasteiger partial charge < -0.3 is 15.0 Å². The molecule has 100 valence electrons. The lowest BCUT2D eigenvalue weighted by molar-refractivity contribution is -0.0126. The molecular formula is C14H28N2O. The van der Waals surface area contributed by atoms with E-state index in [1.54, 1.807) is 0 Å². The van der Waals surface area contributed by atoms with Crippen LogP contribution in [0.15, 0.2) is 0 Å². The van der Waals surface area contributed by atoms with Crippen molar-refractivity contribution in [3.05, 3.63) is 0 Å². The van der Waals surface area contributed by atoms with Gasteiger partial charge in [-0.15, -0.1) is 0 Å². The highest BCUT2D eigenvalue weighted by Gasteiger charge is 2.23. The fraction of sp³-hybridized carbons (Fsp3) is 1.00. The van der Waals surface area contributed by atoms with Crippen LogP contribution in [0.1, 0.15) is 39.0 Å². The van der Waals surface area contributed by atoms with Gasteiger partial charge in [0.25, 0.3) is 0 Å². The summed E-state index contributed by atoms with van der Waals surface area (Å²) in [5.74, 6) is 0.854. The second-order valence-electron chi connectivity index (χ2n) is 5.56. The summed E-state index contributed by atoms with van der Waals surface area (Å²) < 4.78 is 5.84. The van der Waals surface area contributed by atoms with Crippen molar-refractivity contribution in [3.8, 4) is 0 Å². The van der Waals surface area contributed by atoms with Crippen LogP contribution in [-0.4, -0.2) is 50.3 Å². The van der Waals surface area contributed by atoms with Crippen LogP contribution in [0.4, 0.5) is 0 Å². The first-order chi connectivity index (χ1) is 8.38. The van der Waals surface area contributed by atoms with Gasteiger partial charge in [0.15, 0.2) is 0 Å². The van der Waals surface area contributed by atoms with Gasteiger partial charge in [-0.2, -0.15) is 0 Å². The summed E-state index contributed by atoms with van der Waals surface area (Å²) in [6.07, 6.45) is 7.17. The largest absolute Gasteiger partial charge is 0.377 e. The summed E-state index contributed by atoms with van der Waals surface area (Å²) >= 11 is 0. The molecular weight excluding hydrogens is 212 g/mol. The zero-order valence-corrected chi connectivity index (χ0v) is 11.3. The van der Waals surface area contributed by atoms with Gasteiger partial charge in [0.05, 0.1) is 6.10 Å². The summed E-state index contributed by atoms with van der Waals surface area (Å²) in [6.45, 7) is 9.19. The van der Waals surface area contributed by atoms with E-state index in [-0.39, 0.29) is 0 Å². The Labute approximate surface area is 106 Å². The first-order valence-electron chi connectivity index (χ1n) is 7.43. The minimum Gasteiger partial charge on any atom is -0.377 e. The minimum absolute atomic E-state index is 0.515. The van der Waals surface area contributed by atoms with Crippen LogP contribution in [0.5, 0.6) is 0 Å². The van der Waals surface area contributed by atoms with Crippen LogP contribution in [0.3, 0.4) is 0 Å². The molecule has 0 radical (unpaired) electrons. The zero-order chi connectivity index (χ0) is 11.9. The Balaban J connectivity index is 1.68. The van der Waals surface area contributed by atoms with E-state index in [0.717, 1.165) is 19.1 Å². The van der Waals surface area contributed by atoms with Crippen LogP contribution in [-0.2, 0) is 4.74 Å². The summed E-state index contributed by atoms with van der Waals surface area (Å²) in [6, 6.07) is 0. The standard InChI is InChI=1S/C14H28N2O/c1-2-15-10-13-6-5-8-16(11-13)12-14-7-3-4-9-17-14/h13-15H,2-12H2,1H3. The highest BCUT2D eigenvalue weighted by molar-refractivity contribution is 4.77. The molecule has 2 aliphatic rings. The smallest absolute Gasteiger partial charge is 0.0702 e. The Morgan fingerprint density at radius 3 is 2.94 bits per heavy atom. The van der Waals surface area contributed by atoms with E-state index >= 15 is 0 Å². The van der Waals surface area contributed by atoms with Crippen molar-refractivity contribution < 1.29 is 4.74 Å². The molecule has 2 heterocycles. The summed E-state index contributed by atoms with van der Waals surface area (Å²) in [5.41, 5.74) is 0. The number of hydrogen-bond acceptors (Lipinski definition) is 3. The number of ether oxygens (including phenoxy) is 1. The number of likely N-dealkylation sites (tertiary alicyclic amines) is 1. The first-order valence-corrected chi connectivity index (χ1v) is 7.43. The van der Waals surface area contributed by atoms with E-state index in [0.29, 0.717) is 6.10 Å². The van der Waals surface area contributed by atoms with Gasteiger partial charge >= 0.3 is 0 Å². The molecule has 2 fully saturated rings. The molecule has 2 saturated heterocycles.